The Balaban J connectivity index is 1.71. The Morgan fingerprint density at radius 1 is 1.23 bits per heavy atom. The largest absolute Gasteiger partial charge is 0.355 e. The van der Waals surface area contributed by atoms with Gasteiger partial charge in [0.25, 0.3) is 5.91 Å². The van der Waals surface area contributed by atoms with Gasteiger partial charge in [0.05, 0.1) is 11.6 Å². The number of thioether (sulfide) groups is 1. The molecule has 2 aromatic rings. The molecule has 4 rings (SSSR count). The van der Waals surface area contributed by atoms with Crippen molar-refractivity contribution in [3.8, 4) is 0 Å². The molecule has 1 amide bonds. The van der Waals surface area contributed by atoms with Crippen LogP contribution in [-0.4, -0.2) is 31.3 Å². The fourth-order valence-corrected chi connectivity index (χ4v) is 4.68. The maximum absolute atomic E-state index is 12.0. The van der Waals surface area contributed by atoms with Crippen molar-refractivity contribution in [2.24, 2.45) is 27.0 Å². The monoisotopic (exact) mass is 419 g/mol. The zero-order valence-electron chi connectivity index (χ0n) is 16.3. The van der Waals surface area contributed by atoms with E-state index in [1.807, 2.05) is 36.4 Å². The van der Waals surface area contributed by atoms with E-state index in [1.165, 1.54) is 0 Å². The smallest absolute Gasteiger partial charge is 0.251 e. The maximum atomic E-state index is 12.0. The molecule has 2 heterocycles. The van der Waals surface area contributed by atoms with Crippen molar-refractivity contribution in [1.82, 2.24) is 10.7 Å². The third-order valence-corrected chi connectivity index (χ3v) is 6.10. The number of hydrogen-bond acceptors (Lipinski definition) is 7. The van der Waals surface area contributed by atoms with Crippen molar-refractivity contribution < 1.29 is 4.79 Å². The number of carbonyl (C=O) groups excluding carboxylic acids is 1. The molecule has 8 nitrogen and oxygen atoms in total. The fourth-order valence-electron chi connectivity index (χ4n) is 3.52. The van der Waals surface area contributed by atoms with Crippen LogP contribution in [0.2, 0.25) is 0 Å². The molecule has 2 aliphatic heterocycles. The average Bonchev–Trinajstić information content (AvgIpc) is 3.27. The summed E-state index contributed by atoms with van der Waals surface area (Å²) in [5.74, 6) is 6.69. The lowest BCUT2D eigenvalue weighted by Crippen LogP contribution is -2.27. The van der Waals surface area contributed by atoms with Gasteiger partial charge in [-0.3, -0.25) is 10.2 Å². The van der Waals surface area contributed by atoms with Gasteiger partial charge >= 0.3 is 0 Å². The number of fused-ring (bicyclic) bond motifs is 3. The molecule has 0 radical (unpaired) electrons. The number of carbonyl (C=O) groups is 1. The lowest BCUT2D eigenvalue weighted by Gasteiger charge is -2.28. The van der Waals surface area contributed by atoms with Crippen molar-refractivity contribution >= 4 is 47.4 Å². The number of nitrogens with one attached hydrogen (secondary N) is 3. The summed E-state index contributed by atoms with van der Waals surface area (Å²) in [5.41, 5.74) is 6.83. The Labute approximate surface area is 178 Å². The number of benzene rings is 2. The van der Waals surface area contributed by atoms with Gasteiger partial charge in [-0.05, 0) is 35.2 Å². The lowest BCUT2D eigenvalue weighted by atomic mass is 9.92. The van der Waals surface area contributed by atoms with Crippen molar-refractivity contribution in [2.75, 3.05) is 12.4 Å². The van der Waals surface area contributed by atoms with E-state index in [4.69, 9.17) is 10.8 Å². The molecule has 2 aromatic carbocycles. The molecule has 2 unspecified atom stereocenters. The molecular formula is C21H21N7OS. The Morgan fingerprint density at radius 3 is 2.87 bits per heavy atom. The third kappa shape index (κ3) is 3.67. The molecule has 0 fully saturated rings. The van der Waals surface area contributed by atoms with E-state index in [2.05, 4.69) is 44.5 Å². The van der Waals surface area contributed by atoms with Gasteiger partial charge in [-0.25, -0.2) is 4.99 Å². The van der Waals surface area contributed by atoms with Crippen LogP contribution in [0.25, 0.3) is 0 Å². The van der Waals surface area contributed by atoms with Crippen LogP contribution in [0.15, 0.2) is 69.1 Å². The van der Waals surface area contributed by atoms with Crippen LogP contribution in [-0.2, 0) is 0 Å². The number of amidine groups is 2. The van der Waals surface area contributed by atoms with Gasteiger partial charge < -0.3 is 16.5 Å². The normalized spacial score (nSPS) is 19.4. The molecule has 0 saturated carbocycles. The van der Waals surface area contributed by atoms with Crippen LogP contribution in [0.5, 0.6) is 0 Å². The molecule has 2 aliphatic rings. The molecule has 152 valence electrons. The number of hydrogen-bond donors (Lipinski definition) is 4. The number of anilines is 1. The zero-order chi connectivity index (χ0) is 21.1. The number of aliphatic imine (C=N–C) groups is 1. The second kappa shape index (κ2) is 8.42. The molecule has 30 heavy (non-hydrogen) atoms. The molecule has 9 heteroatoms. The van der Waals surface area contributed by atoms with Gasteiger partial charge in [0, 0.05) is 35.8 Å². The van der Waals surface area contributed by atoms with E-state index >= 15 is 0 Å². The van der Waals surface area contributed by atoms with Crippen molar-refractivity contribution in [1.29, 1.82) is 0 Å². The SMILES string of the molecule is C=NNC(=NN)c1ccc2c(c1)N=C(Nc1cccc(C(=O)NC)c1)C1C=CSC21. The molecule has 0 bridgehead atoms. The Hall–Kier alpha value is -3.59. The summed E-state index contributed by atoms with van der Waals surface area (Å²) in [4.78, 5) is 16.9. The van der Waals surface area contributed by atoms with Crippen molar-refractivity contribution in [3.05, 3.63) is 70.6 Å². The van der Waals surface area contributed by atoms with Crippen LogP contribution < -0.4 is 21.9 Å². The summed E-state index contributed by atoms with van der Waals surface area (Å²) < 4.78 is 0. The summed E-state index contributed by atoms with van der Waals surface area (Å²) in [7, 11) is 1.61. The second-order valence-electron chi connectivity index (χ2n) is 6.71. The highest BCUT2D eigenvalue weighted by molar-refractivity contribution is 8.02. The van der Waals surface area contributed by atoms with E-state index in [1.54, 1.807) is 24.9 Å². The summed E-state index contributed by atoms with van der Waals surface area (Å²) in [6.07, 6.45) is 2.15. The number of amides is 1. The molecule has 2 atom stereocenters. The van der Waals surface area contributed by atoms with E-state index in [0.29, 0.717) is 11.4 Å². The summed E-state index contributed by atoms with van der Waals surface area (Å²) in [5, 5.41) is 15.8. The predicted molar refractivity (Wildman–Crippen MR) is 123 cm³/mol. The van der Waals surface area contributed by atoms with Crippen LogP contribution in [0.4, 0.5) is 11.4 Å². The van der Waals surface area contributed by atoms with E-state index in [9.17, 15) is 4.79 Å². The predicted octanol–water partition coefficient (Wildman–Crippen LogP) is 2.95. The highest BCUT2D eigenvalue weighted by atomic mass is 32.2. The first kappa shape index (κ1) is 19.7. The van der Waals surface area contributed by atoms with Gasteiger partial charge in [-0.2, -0.15) is 10.2 Å². The Morgan fingerprint density at radius 2 is 2.10 bits per heavy atom. The van der Waals surface area contributed by atoms with Gasteiger partial charge in [0.1, 0.15) is 5.84 Å². The van der Waals surface area contributed by atoms with Gasteiger partial charge in [-0.15, -0.1) is 11.8 Å². The van der Waals surface area contributed by atoms with E-state index in [-0.39, 0.29) is 17.1 Å². The maximum Gasteiger partial charge on any atom is 0.251 e. The molecule has 5 N–H and O–H groups in total. The number of nitrogens with zero attached hydrogens (tertiary/aromatic N) is 3. The number of hydrazone groups is 2. The minimum Gasteiger partial charge on any atom is -0.355 e. The van der Waals surface area contributed by atoms with Crippen molar-refractivity contribution in [3.63, 3.8) is 0 Å². The van der Waals surface area contributed by atoms with Crippen LogP contribution in [0, 0.1) is 5.92 Å². The van der Waals surface area contributed by atoms with Crippen molar-refractivity contribution in [2.45, 2.75) is 5.25 Å². The number of rotatable bonds is 4. The highest BCUT2D eigenvalue weighted by Crippen LogP contribution is 2.50. The summed E-state index contributed by atoms with van der Waals surface area (Å²) in [6.45, 7) is 3.41. The Bertz CT molecular complexity index is 1090. The first-order chi connectivity index (χ1) is 14.6. The minimum absolute atomic E-state index is 0.118. The van der Waals surface area contributed by atoms with Crippen LogP contribution in [0.3, 0.4) is 0 Å². The molecule has 0 aromatic heterocycles. The van der Waals surface area contributed by atoms with Gasteiger partial charge in [-0.1, -0.05) is 24.3 Å². The lowest BCUT2D eigenvalue weighted by molar-refractivity contribution is 0.0963. The average molecular weight is 420 g/mol. The summed E-state index contributed by atoms with van der Waals surface area (Å²) >= 11 is 1.76. The standard InChI is InChI=1S/C21H21N7OS/c1-23-21(29)13-4-3-5-14(10-13)25-20-16-8-9-30-18(16)15-7-6-12(11-17(15)26-20)19(27-22)28-24-2/h3-11,16,18H,2,22H2,1H3,(H,23,29)(H,25,26)(H,27,28). The molecule has 0 saturated heterocycles. The Kier molecular flexibility index (Phi) is 5.53. The van der Waals surface area contributed by atoms with E-state index in [0.717, 1.165) is 28.3 Å². The summed E-state index contributed by atoms with van der Waals surface area (Å²) in [6, 6.07) is 13.3. The first-order valence-corrected chi connectivity index (χ1v) is 10.2. The highest BCUT2D eigenvalue weighted by Gasteiger charge is 2.35. The number of nitrogens with two attached hydrogens (primary N) is 1. The fraction of sp³-hybridized carbons (Fsp3) is 0.143. The van der Waals surface area contributed by atoms with E-state index < -0.39 is 0 Å². The quantitative estimate of drug-likeness (QED) is 0.263. The minimum atomic E-state index is -0.134. The molecular weight excluding hydrogens is 398 g/mol. The van der Waals surface area contributed by atoms with Gasteiger partial charge in [0.15, 0.2) is 5.84 Å². The second-order valence-corrected chi connectivity index (χ2v) is 7.77. The van der Waals surface area contributed by atoms with Gasteiger partial charge in [0.2, 0.25) is 0 Å². The molecule has 0 aliphatic carbocycles. The molecule has 0 spiro atoms. The topological polar surface area (TPSA) is 116 Å². The van der Waals surface area contributed by atoms with Crippen LogP contribution >= 0.6 is 11.8 Å². The van der Waals surface area contributed by atoms with Crippen LogP contribution in [0.1, 0.15) is 26.7 Å². The zero-order valence-corrected chi connectivity index (χ0v) is 17.1. The first-order valence-electron chi connectivity index (χ1n) is 9.28. The third-order valence-electron chi connectivity index (χ3n) is 4.94.